The maximum Gasteiger partial charge on any atom is 0.164 e. The third-order valence-electron chi connectivity index (χ3n) is 16.9. The Morgan fingerprint density at radius 3 is 1.13 bits per heavy atom. The van der Waals surface area contributed by atoms with Crippen LogP contribution in [0.1, 0.15) is 101 Å². The van der Waals surface area contributed by atoms with Crippen molar-refractivity contribution in [1.82, 2.24) is 24.1 Å². The molecule has 87 heavy (non-hydrogen) atoms. The molecule has 420 valence electrons. The van der Waals surface area contributed by atoms with Gasteiger partial charge < -0.3 is 9.13 Å². The predicted molar refractivity (Wildman–Crippen MR) is 356 cm³/mol. The van der Waals surface area contributed by atoms with Gasteiger partial charge >= 0.3 is 0 Å². The molecule has 10 aromatic carbocycles. The first-order valence-corrected chi connectivity index (χ1v) is 29.6. The second-order valence-electron chi connectivity index (χ2n) is 26.1. The summed E-state index contributed by atoms with van der Waals surface area (Å²) in [5.74, 6) is 1.33. The number of nitriles is 3. The normalized spacial score (nSPS) is 12.0. The van der Waals surface area contributed by atoms with Gasteiger partial charge in [-0.15, -0.1) is 0 Å². The molecule has 0 amide bonds. The summed E-state index contributed by atoms with van der Waals surface area (Å²) in [6.45, 7) is 22.5. The highest BCUT2D eigenvalue weighted by Gasteiger charge is 2.25. The molecule has 0 radical (unpaired) electrons. The molecule has 13 aromatic rings. The van der Waals surface area contributed by atoms with Crippen LogP contribution >= 0.6 is 0 Å². The quantitative estimate of drug-likeness (QED) is 0.149. The van der Waals surface area contributed by atoms with E-state index in [0.717, 1.165) is 105 Å². The van der Waals surface area contributed by atoms with Crippen molar-refractivity contribution in [2.75, 3.05) is 0 Å². The summed E-state index contributed by atoms with van der Waals surface area (Å²) >= 11 is 0. The minimum atomic E-state index is -0.0877. The van der Waals surface area contributed by atoms with Crippen LogP contribution in [-0.2, 0) is 16.2 Å². The Morgan fingerprint density at radius 1 is 0.310 bits per heavy atom. The zero-order valence-electron chi connectivity index (χ0n) is 50.7. The van der Waals surface area contributed by atoms with E-state index in [-0.39, 0.29) is 16.2 Å². The number of aromatic nitrogens is 5. The molecular formula is C79H64N8. The molecule has 3 aromatic heterocycles. The number of rotatable bonds is 8. The van der Waals surface area contributed by atoms with Gasteiger partial charge in [0.05, 0.1) is 57.0 Å². The average molecular weight is 1130 g/mol. The molecule has 0 N–H and O–H groups in total. The van der Waals surface area contributed by atoms with Crippen molar-refractivity contribution in [3.63, 3.8) is 0 Å². The van der Waals surface area contributed by atoms with Crippen LogP contribution < -0.4 is 0 Å². The summed E-state index contributed by atoms with van der Waals surface area (Å²) < 4.78 is 4.70. The molecule has 0 fully saturated rings. The zero-order chi connectivity index (χ0) is 60.7. The van der Waals surface area contributed by atoms with Gasteiger partial charge in [-0.1, -0.05) is 153 Å². The van der Waals surface area contributed by atoms with E-state index in [2.05, 4.69) is 212 Å². The molecule has 8 nitrogen and oxygen atoms in total. The van der Waals surface area contributed by atoms with Gasteiger partial charge in [-0.25, -0.2) is 15.0 Å². The lowest BCUT2D eigenvalue weighted by Gasteiger charge is -2.19. The molecule has 0 aliphatic heterocycles. The van der Waals surface area contributed by atoms with Crippen LogP contribution in [0.25, 0.3) is 123 Å². The van der Waals surface area contributed by atoms with Gasteiger partial charge in [0.1, 0.15) is 0 Å². The molecule has 0 aliphatic rings. The molecule has 8 heteroatoms. The Kier molecular flexibility index (Phi) is 13.5. The minimum Gasteiger partial charge on any atom is -0.309 e. The molecular weight excluding hydrogens is 1060 g/mol. The highest BCUT2D eigenvalue weighted by molar-refractivity contribution is 6.11. The second kappa shape index (κ2) is 21.1. The highest BCUT2D eigenvalue weighted by atomic mass is 15.0. The zero-order valence-corrected chi connectivity index (χ0v) is 50.7. The van der Waals surface area contributed by atoms with Crippen LogP contribution in [0.15, 0.2) is 206 Å². The lowest BCUT2D eigenvalue weighted by atomic mass is 9.85. The number of benzene rings is 10. The van der Waals surface area contributed by atoms with Crippen LogP contribution in [0.4, 0.5) is 0 Å². The highest BCUT2D eigenvalue weighted by Crippen LogP contribution is 2.43. The van der Waals surface area contributed by atoms with Gasteiger partial charge in [0.25, 0.3) is 0 Å². The second-order valence-corrected chi connectivity index (χ2v) is 26.1. The average Bonchev–Trinajstić information content (AvgIpc) is 1.75. The molecule has 3 heterocycles. The van der Waals surface area contributed by atoms with Crippen molar-refractivity contribution < 1.29 is 0 Å². The first kappa shape index (κ1) is 55.5. The minimum absolute atomic E-state index is 0.0746. The summed E-state index contributed by atoms with van der Waals surface area (Å²) in [5, 5.41) is 35.0. The van der Waals surface area contributed by atoms with Gasteiger partial charge in [0.2, 0.25) is 0 Å². The van der Waals surface area contributed by atoms with Crippen molar-refractivity contribution in [3.8, 4) is 97.1 Å². The Balaban J connectivity index is 1.12. The Hall–Kier alpha value is -10.7. The molecule has 0 unspecified atom stereocenters. The molecule has 0 atom stereocenters. The third-order valence-corrected chi connectivity index (χ3v) is 16.9. The maximum atomic E-state index is 10.3. The molecule has 0 saturated carbocycles. The standard InChI is InChI=1S/C79H64N8/c1-48-21-29-70-66(33-48)67-42-59(77(2,3)4)26-30-71(67)86(70)62-38-55(53-17-13-15-50(34-53)46-81)36-57(40-62)74-83-75(85-76(84-74)65-20-12-11-19-64(65)52-24-22-49(45-80)23-25-52)58-37-56(54-18-14-16-51(35-54)47-82)39-63(41-58)87-72-31-27-60(78(5,6)7)43-68(72)69-44-61(79(8,9)10)28-32-73(69)87/h11-44H,1-10H3. The number of fused-ring (bicyclic) bond motifs is 6. The van der Waals surface area contributed by atoms with Gasteiger partial charge in [-0.2, -0.15) is 15.8 Å². The van der Waals surface area contributed by atoms with Crippen molar-refractivity contribution in [1.29, 1.82) is 15.8 Å². The third kappa shape index (κ3) is 10.3. The maximum absolute atomic E-state index is 10.3. The fourth-order valence-electron chi connectivity index (χ4n) is 12.1. The molecule has 13 rings (SSSR count). The Labute approximate surface area is 508 Å². The van der Waals surface area contributed by atoms with E-state index in [0.29, 0.717) is 34.2 Å². The summed E-state index contributed by atoms with van der Waals surface area (Å²) in [7, 11) is 0. The lowest BCUT2D eigenvalue weighted by molar-refractivity contribution is 0.590. The molecule has 0 aliphatic carbocycles. The smallest absolute Gasteiger partial charge is 0.164 e. The fourth-order valence-corrected chi connectivity index (χ4v) is 12.1. The molecule has 0 bridgehead atoms. The SMILES string of the molecule is Cc1ccc2c(c1)c1cc(C(C)(C)C)ccc1n2-c1cc(-c2cccc(C#N)c2)cc(-c2nc(-c3cc(-c4cccc(C#N)c4)cc(-n4c5ccc(C(C)(C)C)cc5c5cc(C(C)(C)C)ccc54)c3)nc(-c3ccccc3-c3ccc(C#N)cc3)n2)c1. The van der Waals surface area contributed by atoms with Crippen molar-refractivity contribution >= 4 is 43.6 Å². The van der Waals surface area contributed by atoms with Crippen LogP contribution in [0.3, 0.4) is 0 Å². The topological polar surface area (TPSA) is 120 Å². The Morgan fingerprint density at radius 2 is 0.701 bits per heavy atom. The van der Waals surface area contributed by atoms with Crippen LogP contribution in [0.5, 0.6) is 0 Å². The van der Waals surface area contributed by atoms with Crippen molar-refractivity contribution in [2.45, 2.75) is 85.5 Å². The van der Waals surface area contributed by atoms with Gasteiger partial charge in [0, 0.05) is 49.6 Å². The number of aryl methyl sites for hydroxylation is 1. The summed E-state index contributed by atoms with van der Waals surface area (Å²) in [4.78, 5) is 16.7. The molecule has 0 spiro atoms. The van der Waals surface area contributed by atoms with Gasteiger partial charge in [-0.3, -0.25) is 0 Å². The van der Waals surface area contributed by atoms with Crippen LogP contribution in [-0.4, -0.2) is 24.1 Å². The van der Waals surface area contributed by atoms with E-state index in [1.807, 2.05) is 91.0 Å². The monoisotopic (exact) mass is 1120 g/mol. The van der Waals surface area contributed by atoms with E-state index < -0.39 is 0 Å². The largest absolute Gasteiger partial charge is 0.309 e. The van der Waals surface area contributed by atoms with E-state index in [9.17, 15) is 15.8 Å². The van der Waals surface area contributed by atoms with E-state index in [1.54, 1.807) is 0 Å². The first-order chi connectivity index (χ1) is 41.7. The lowest BCUT2D eigenvalue weighted by Crippen LogP contribution is -2.10. The van der Waals surface area contributed by atoms with E-state index >= 15 is 0 Å². The number of hydrogen-bond acceptors (Lipinski definition) is 6. The van der Waals surface area contributed by atoms with E-state index in [1.165, 1.54) is 22.3 Å². The van der Waals surface area contributed by atoms with Gasteiger partial charge in [-0.05, 0) is 195 Å². The summed E-state index contributed by atoms with van der Waals surface area (Å²) in [5.41, 5.74) is 19.9. The van der Waals surface area contributed by atoms with Gasteiger partial charge in [0.15, 0.2) is 17.5 Å². The fraction of sp³-hybridized carbons (Fsp3) is 0.165. The predicted octanol–water partition coefficient (Wildman–Crippen LogP) is 19.9. The number of hydrogen-bond donors (Lipinski definition) is 0. The van der Waals surface area contributed by atoms with Crippen LogP contribution in [0, 0.1) is 40.9 Å². The summed E-state index contributed by atoms with van der Waals surface area (Å²) in [6.07, 6.45) is 0. The van der Waals surface area contributed by atoms with Crippen molar-refractivity contribution in [3.05, 3.63) is 245 Å². The van der Waals surface area contributed by atoms with Crippen LogP contribution in [0.2, 0.25) is 0 Å². The number of nitrogens with zero attached hydrogens (tertiary/aromatic N) is 8. The Bertz CT molecular complexity index is 5020. The first-order valence-electron chi connectivity index (χ1n) is 29.6. The van der Waals surface area contributed by atoms with Crippen molar-refractivity contribution in [2.24, 2.45) is 0 Å². The molecule has 0 saturated heterocycles. The summed E-state index contributed by atoms with van der Waals surface area (Å²) in [6, 6.07) is 78.5. The van der Waals surface area contributed by atoms with E-state index in [4.69, 9.17) is 15.0 Å².